The molecule has 1 rings (SSSR count). The van der Waals surface area contributed by atoms with Gasteiger partial charge in [-0.2, -0.15) is 0 Å². The highest BCUT2D eigenvalue weighted by molar-refractivity contribution is 4.87. The molecular formula is C14H26O5. The van der Waals surface area contributed by atoms with Crippen LogP contribution in [-0.2, 0) is 9.47 Å². The Morgan fingerprint density at radius 1 is 1.32 bits per heavy atom. The van der Waals surface area contributed by atoms with E-state index >= 15 is 0 Å². The van der Waals surface area contributed by atoms with E-state index < -0.39 is 24.4 Å². The zero-order chi connectivity index (χ0) is 14.1. The largest absolute Gasteiger partial charge is 0.388 e. The van der Waals surface area contributed by atoms with Crippen LogP contribution in [0.5, 0.6) is 0 Å². The van der Waals surface area contributed by atoms with E-state index in [1.807, 2.05) is 0 Å². The molecule has 0 spiro atoms. The van der Waals surface area contributed by atoms with Gasteiger partial charge in [0, 0.05) is 6.61 Å². The van der Waals surface area contributed by atoms with Crippen molar-refractivity contribution in [3.05, 3.63) is 12.2 Å². The fraction of sp³-hybridized carbons (Fsp3) is 0.857. The molecule has 0 saturated carbocycles. The third-order valence-electron chi connectivity index (χ3n) is 3.17. The first-order chi connectivity index (χ1) is 9.16. The lowest BCUT2D eigenvalue weighted by molar-refractivity contribution is -0.0813. The molecule has 0 amide bonds. The molecule has 19 heavy (non-hydrogen) atoms. The topological polar surface area (TPSA) is 79.2 Å². The Morgan fingerprint density at radius 3 is 2.74 bits per heavy atom. The summed E-state index contributed by atoms with van der Waals surface area (Å²) in [5, 5.41) is 28.6. The molecule has 1 aliphatic heterocycles. The molecule has 5 nitrogen and oxygen atoms in total. The first-order valence-corrected chi connectivity index (χ1v) is 7.05. The van der Waals surface area contributed by atoms with Crippen molar-refractivity contribution in [2.75, 3.05) is 19.8 Å². The quantitative estimate of drug-likeness (QED) is 0.424. The molecule has 0 bridgehead atoms. The van der Waals surface area contributed by atoms with Gasteiger partial charge in [-0.3, -0.25) is 0 Å². The van der Waals surface area contributed by atoms with Gasteiger partial charge in [0.25, 0.3) is 0 Å². The van der Waals surface area contributed by atoms with Gasteiger partial charge in [-0.25, -0.2) is 0 Å². The maximum absolute atomic E-state index is 9.78. The summed E-state index contributed by atoms with van der Waals surface area (Å²) in [6.45, 7) is 2.88. The van der Waals surface area contributed by atoms with Gasteiger partial charge < -0.3 is 24.8 Å². The van der Waals surface area contributed by atoms with Gasteiger partial charge >= 0.3 is 0 Å². The van der Waals surface area contributed by atoms with Crippen LogP contribution in [0.3, 0.4) is 0 Å². The van der Waals surface area contributed by atoms with E-state index in [1.165, 1.54) is 0 Å². The van der Waals surface area contributed by atoms with Crippen LogP contribution in [0, 0.1) is 0 Å². The summed E-state index contributed by atoms with van der Waals surface area (Å²) in [7, 11) is 0. The van der Waals surface area contributed by atoms with Gasteiger partial charge in [0.15, 0.2) is 0 Å². The molecule has 0 aromatic carbocycles. The second-order valence-electron chi connectivity index (χ2n) is 4.87. The van der Waals surface area contributed by atoms with Gasteiger partial charge in [-0.1, -0.05) is 19.1 Å². The van der Waals surface area contributed by atoms with Gasteiger partial charge in [-0.15, -0.1) is 0 Å². The smallest absolute Gasteiger partial charge is 0.114 e. The molecule has 1 saturated heterocycles. The molecule has 1 heterocycles. The molecular weight excluding hydrogens is 248 g/mol. The van der Waals surface area contributed by atoms with E-state index in [-0.39, 0.29) is 13.2 Å². The Labute approximate surface area is 114 Å². The van der Waals surface area contributed by atoms with E-state index in [4.69, 9.17) is 9.47 Å². The molecule has 1 aliphatic rings. The van der Waals surface area contributed by atoms with Crippen molar-refractivity contribution in [1.29, 1.82) is 0 Å². The molecule has 0 aromatic heterocycles. The number of aliphatic hydroxyl groups is 3. The maximum Gasteiger partial charge on any atom is 0.114 e. The highest BCUT2D eigenvalue weighted by Crippen LogP contribution is 2.17. The number of allylic oxidation sites excluding steroid dienone is 2. The van der Waals surface area contributed by atoms with Crippen molar-refractivity contribution in [2.45, 2.75) is 57.0 Å². The number of hydrogen-bond acceptors (Lipinski definition) is 5. The number of unbranched alkanes of at least 4 members (excludes halogenated alkanes) is 2. The summed E-state index contributed by atoms with van der Waals surface area (Å²) >= 11 is 0. The number of ether oxygens (including phenoxy) is 2. The molecule has 0 unspecified atom stereocenters. The van der Waals surface area contributed by atoms with Crippen LogP contribution in [0.25, 0.3) is 0 Å². The Balaban J connectivity index is 2.01. The van der Waals surface area contributed by atoms with E-state index in [0.29, 0.717) is 6.61 Å². The van der Waals surface area contributed by atoms with Crippen molar-refractivity contribution in [3.8, 4) is 0 Å². The van der Waals surface area contributed by atoms with Crippen LogP contribution >= 0.6 is 0 Å². The van der Waals surface area contributed by atoms with E-state index in [1.54, 1.807) is 0 Å². The second kappa shape index (κ2) is 9.44. The molecule has 5 heteroatoms. The lowest BCUT2D eigenvalue weighted by Crippen LogP contribution is -2.40. The molecule has 4 atom stereocenters. The fourth-order valence-corrected chi connectivity index (χ4v) is 2.01. The summed E-state index contributed by atoms with van der Waals surface area (Å²) in [5.74, 6) is 0. The molecule has 0 aromatic rings. The highest BCUT2D eigenvalue weighted by atomic mass is 16.5. The van der Waals surface area contributed by atoms with Gasteiger partial charge in [-0.05, 0) is 25.7 Å². The predicted molar refractivity (Wildman–Crippen MR) is 71.9 cm³/mol. The number of hydrogen-bond donors (Lipinski definition) is 3. The molecule has 0 radical (unpaired) electrons. The van der Waals surface area contributed by atoms with Gasteiger partial charge in [0.1, 0.15) is 24.4 Å². The van der Waals surface area contributed by atoms with Gasteiger partial charge in [0.05, 0.1) is 13.2 Å². The first-order valence-electron chi connectivity index (χ1n) is 7.05. The standard InChI is InChI=1S/C14H26O5/c1-2-3-4-5-6-7-8-18-9-12(16)14-13(17)11(15)10-19-14/h3-4,11-17H,2,5-10H2,1H3/b4-3+/t11-,12+,13-,14-/m0/s1. The molecule has 0 aliphatic carbocycles. The van der Waals surface area contributed by atoms with E-state index in [2.05, 4.69) is 19.1 Å². The Kier molecular flexibility index (Phi) is 8.25. The predicted octanol–water partition coefficient (Wildman–Crippen LogP) is 0.621. The Hall–Kier alpha value is -0.460. The lowest BCUT2D eigenvalue weighted by Gasteiger charge is -2.20. The van der Waals surface area contributed by atoms with Crippen molar-refractivity contribution in [3.63, 3.8) is 0 Å². The van der Waals surface area contributed by atoms with E-state index in [0.717, 1.165) is 25.7 Å². The normalized spacial score (nSPS) is 29.2. The van der Waals surface area contributed by atoms with Crippen LogP contribution < -0.4 is 0 Å². The minimum atomic E-state index is -1.03. The number of rotatable bonds is 9. The SMILES string of the molecule is CC/C=C/CCCCOC[C@@H](O)[C@@H]1OC[C@H](O)[C@@H]1O. The second-order valence-corrected chi connectivity index (χ2v) is 4.87. The van der Waals surface area contributed by atoms with Crippen LogP contribution in [0.2, 0.25) is 0 Å². The summed E-state index contributed by atoms with van der Waals surface area (Å²) in [4.78, 5) is 0. The third kappa shape index (κ3) is 6.01. The zero-order valence-electron chi connectivity index (χ0n) is 11.6. The van der Waals surface area contributed by atoms with Crippen molar-refractivity contribution >= 4 is 0 Å². The van der Waals surface area contributed by atoms with Crippen molar-refractivity contribution in [2.24, 2.45) is 0 Å². The van der Waals surface area contributed by atoms with Crippen LogP contribution in [0.1, 0.15) is 32.6 Å². The van der Waals surface area contributed by atoms with E-state index in [9.17, 15) is 15.3 Å². The van der Waals surface area contributed by atoms with Crippen LogP contribution in [0.15, 0.2) is 12.2 Å². The molecule has 112 valence electrons. The Morgan fingerprint density at radius 2 is 2.11 bits per heavy atom. The number of aliphatic hydroxyl groups excluding tert-OH is 3. The average molecular weight is 274 g/mol. The van der Waals surface area contributed by atoms with Crippen molar-refractivity contribution < 1.29 is 24.8 Å². The summed E-state index contributed by atoms with van der Waals surface area (Å²) in [6.07, 6.45) is 4.85. The maximum atomic E-state index is 9.78. The molecule has 1 fully saturated rings. The first kappa shape index (κ1) is 16.6. The summed E-state index contributed by atoms with van der Waals surface area (Å²) < 4.78 is 10.5. The Bertz CT molecular complexity index is 256. The lowest BCUT2D eigenvalue weighted by atomic mass is 10.1. The van der Waals surface area contributed by atoms with Crippen LogP contribution in [0.4, 0.5) is 0 Å². The minimum Gasteiger partial charge on any atom is -0.388 e. The summed E-state index contributed by atoms with van der Waals surface area (Å²) in [6, 6.07) is 0. The minimum absolute atomic E-state index is 0.0622. The average Bonchev–Trinajstić information content (AvgIpc) is 2.73. The zero-order valence-corrected chi connectivity index (χ0v) is 11.6. The van der Waals surface area contributed by atoms with Gasteiger partial charge in [0.2, 0.25) is 0 Å². The van der Waals surface area contributed by atoms with Crippen molar-refractivity contribution in [1.82, 2.24) is 0 Å². The monoisotopic (exact) mass is 274 g/mol. The highest BCUT2D eigenvalue weighted by Gasteiger charge is 2.39. The third-order valence-corrected chi connectivity index (χ3v) is 3.17. The van der Waals surface area contributed by atoms with Crippen LogP contribution in [-0.4, -0.2) is 59.6 Å². The summed E-state index contributed by atoms with van der Waals surface area (Å²) in [5.41, 5.74) is 0. The fourth-order valence-electron chi connectivity index (χ4n) is 2.01. The molecule has 3 N–H and O–H groups in total.